The largest absolute Gasteiger partial charge is 0.507 e. The monoisotopic (exact) mass is 375 g/mol. The lowest BCUT2D eigenvalue weighted by molar-refractivity contribution is 0.0783. The Hall–Kier alpha value is -3.08. The normalized spacial score (nSPS) is 13.6. The highest BCUT2D eigenvalue weighted by Crippen LogP contribution is 2.29. The third-order valence-corrected chi connectivity index (χ3v) is 5.45. The first-order valence-corrected chi connectivity index (χ1v) is 9.82. The van der Waals surface area contributed by atoms with Crippen molar-refractivity contribution in [2.45, 2.75) is 38.6 Å². The maximum absolute atomic E-state index is 13.0. The number of phenols is 1. The zero-order valence-electron chi connectivity index (χ0n) is 16.1. The van der Waals surface area contributed by atoms with Gasteiger partial charge in [0.25, 0.3) is 5.91 Å². The van der Waals surface area contributed by atoms with E-state index < -0.39 is 0 Å². The van der Waals surface area contributed by atoms with Gasteiger partial charge >= 0.3 is 0 Å². The van der Waals surface area contributed by atoms with E-state index in [1.807, 2.05) is 43.4 Å². The standard InChI is InChI=1S/C23H25N3O2/c1-26(15-21-19-11-3-2-4-12-20(19)24-25-21)23(28)17-9-7-8-16(14-17)18-10-5-6-13-22(18)27/h5-10,13-14,27H,2-4,11-12,15H2,1H3,(H,24,25). The summed E-state index contributed by atoms with van der Waals surface area (Å²) in [5.74, 6) is 0.155. The van der Waals surface area contributed by atoms with E-state index in [9.17, 15) is 9.90 Å². The average molecular weight is 375 g/mol. The molecule has 5 nitrogen and oxygen atoms in total. The molecule has 0 atom stereocenters. The zero-order chi connectivity index (χ0) is 19.5. The molecule has 0 spiro atoms. The number of nitrogens with one attached hydrogen (secondary N) is 1. The number of phenolic OH excluding ortho intramolecular Hbond substituents is 1. The van der Waals surface area contributed by atoms with Crippen molar-refractivity contribution in [3.05, 3.63) is 71.0 Å². The van der Waals surface area contributed by atoms with Crippen molar-refractivity contribution in [1.82, 2.24) is 15.1 Å². The molecule has 0 bridgehead atoms. The summed E-state index contributed by atoms with van der Waals surface area (Å²) in [7, 11) is 1.81. The van der Waals surface area contributed by atoms with Gasteiger partial charge in [-0.25, -0.2) is 0 Å². The van der Waals surface area contributed by atoms with E-state index in [0.717, 1.165) is 29.7 Å². The number of carbonyl (C=O) groups is 1. The molecule has 1 amide bonds. The predicted octanol–water partition coefficient (Wildman–Crippen LogP) is 4.32. The summed E-state index contributed by atoms with van der Waals surface area (Å²) in [6.07, 6.45) is 5.70. The first kappa shape index (κ1) is 18.3. The number of benzene rings is 2. The molecule has 3 aromatic rings. The van der Waals surface area contributed by atoms with Crippen molar-refractivity contribution in [3.8, 4) is 16.9 Å². The van der Waals surface area contributed by atoms with Gasteiger partial charge in [-0.1, -0.05) is 36.8 Å². The van der Waals surface area contributed by atoms with Gasteiger partial charge in [0.2, 0.25) is 0 Å². The molecule has 0 fully saturated rings. The molecule has 0 saturated heterocycles. The molecule has 0 saturated carbocycles. The first-order valence-electron chi connectivity index (χ1n) is 9.82. The van der Waals surface area contributed by atoms with Crippen LogP contribution in [0.5, 0.6) is 5.75 Å². The second kappa shape index (κ2) is 7.89. The molecule has 28 heavy (non-hydrogen) atoms. The Labute approximate surface area is 165 Å². The maximum atomic E-state index is 13.0. The fourth-order valence-corrected chi connectivity index (χ4v) is 3.91. The molecule has 4 rings (SSSR count). The highest BCUT2D eigenvalue weighted by atomic mass is 16.3. The van der Waals surface area contributed by atoms with Gasteiger partial charge in [0, 0.05) is 23.9 Å². The van der Waals surface area contributed by atoms with E-state index in [-0.39, 0.29) is 11.7 Å². The Kier molecular flexibility index (Phi) is 5.15. The molecular formula is C23H25N3O2. The minimum Gasteiger partial charge on any atom is -0.507 e. The van der Waals surface area contributed by atoms with Crippen molar-refractivity contribution in [1.29, 1.82) is 0 Å². The topological polar surface area (TPSA) is 69.2 Å². The summed E-state index contributed by atoms with van der Waals surface area (Å²) in [4.78, 5) is 14.7. The Bertz CT molecular complexity index is 993. The number of rotatable bonds is 4. The van der Waals surface area contributed by atoms with Crippen LogP contribution in [-0.2, 0) is 19.4 Å². The van der Waals surface area contributed by atoms with Crippen LogP contribution in [0.25, 0.3) is 11.1 Å². The number of para-hydroxylation sites is 1. The summed E-state index contributed by atoms with van der Waals surface area (Å²) in [5, 5.41) is 17.8. The molecule has 1 aromatic heterocycles. The highest BCUT2D eigenvalue weighted by Gasteiger charge is 2.20. The first-order chi connectivity index (χ1) is 13.6. The molecule has 1 aliphatic rings. The van der Waals surface area contributed by atoms with Crippen molar-refractivity contribution >= 4 is 5.91 Å². The average Bonchev–Trinajstić information content (AvgIpc) is 2.94. The van der Waals surface area contributed by atoms with E-state index >= 15 is 0 Å². The Balaban J connectivity index is 1.54. The van der Waals surface area contributed by atoms with Gasteiger partial charge in [-0.2, -0.15) is 5.10 Å². The highest BCUT2D eigenvalue weighted by molar-refractivity contribution is 5.95. The number of aryl methyl sites for hydroxylation is 1. The summed E-state index contributed by atoms with van der Waals surface area (Å²) >= 11 is 0. The maximum Gasteiger partial charge on any atom is 0.253 e. The van der Waals surface area contributed by atoms with Crippen LogP contribution in [0.3, 0.4) is 0 Å². The zero-order valence-corrected chi connectivity index (χ0v) is 16.1. The quantitative estimate of drug-likeness (QED) is 0.667. The number of hydrogen-bond acceptors (Lipinski definition) is 3. The van der Waals surface area contributed by atoms with Crippen molar-refractivity contribution in [3.63, 3.8) is 0 Å². The lowest BCUT2D eigenvalue weighted by atomic mass is 10.0. The number of carbonyl (C=O) groups excluding carboxylic acids is 1. The Morgan fingerprint density at radius 1 is 1.11 bits per heavy atom. The predicted molar refractivity (Wildman–Crippen MR) is 109 cm³/mol. The van der Waals surface area contributed by atoms with Gasteiger partial charge in [-0.15, -0.1) is 0 Å². The van der Waals surface area contributed by atoms with E-state index in [2.05, 4.69) is 10.2 Å². The van der Waals surface area contributed by atoms with Crippen LogP contribution >= 0.6 is 0 Å². The van der Waals surface area contributed by atoms with Gasteiger partial charge < -0.3 is 10.0 Å². The van der Waals surface area contributed by atoms with Crippen molar-refractivity contribution in [2.24, 2.45) is 0 Å². The molecule has 144 valence electrons. The number of nitrogens with zero attached hydrogens (tertiary/aromatic N) is 2. The number of aromatic hydroxyl groups is 1. The van der Waals surface area contributed by atoms with Gasteiger partial charge in [0.15, 0.2) is 0 Å². The van der Waals surface area contributed by atoms with Crippen LogP contribution in [0, 0.1) is 0 Å². The summed E-state index contributed by atoms with van der Waals surface area (Å²) in [6, 6.07) is 14.6. The van der Waals surface area contributed by atoms with Crippen LogP contribution in [0.15, 0.2) is 48.5 Å². The van der Waals surface area contributed by atoms with Gasteiger partial charge in [-0.05, 0) is 55.0 Å². The van der Waals surface area contributed by atoms with Crippen molar-refractivity contribution in [2.75, 3.05) is 7.05 Å². The number of fused-ring (bicyclic) bond motifs is 1. The summed E-state index contributed by atoms with van der Waals surface area (Å²) in [6.45, 7) is 0.492. The third-order valence-electron chi connectivity index (χ3n) is 5.45. The fraction of sp³-hybridized carbons (Fsp3) is 0.304. The molecule has 0 unspecified atom stereocenters. The van der Waals surface area contributed by atoms with Crippen LogP contribution < -0.4 is 0 Å². The molecular weight excluding hydrogens is 350 g/mol. The van der Waals surface area contributed by atoms with E-state index in [4.69, 9.17) is 0 Å². The van der Waals surface area contributed by atoms with Gasteiger partial charge in [0.1, 0.15) is 5.75 Å². The number of amides is 1. The second-order valence-corrected chi connectivity index (χ2v) is 7.45. The van der Waals surface area contributed by atoms with E-state index in [1.54, 1.807) is 17.0 Å². The molecule has 1 heterocycles. The minimum atomic E-state index is -0.0531. The number of aromatic amines is 1. The van der Waals surface area contributed by atoms with Gasteiger partial charge in [0.05, 0.1) is 12.2 Å². The number of hydrogen-bond donors (Lipinski definition) is 2. The molecule has 0 aliphatic heterocycles. The fourth-order valence-electron chi connectivity index (χ4n) is 3.91. The number of H-pyrrole nitrogens is 1. The van der Waals surface area contributed by atoms with Crippen LogP contribution in [0.2, 0.25) is 0 Å². The van der Waals surface area contributed by atoms with E-state index in [1.165, 1.54) is 30.5 Å². The summed E-state index contributed by atoms with van der Waals surface area (Å²) < 4.78 is 0. The molecule has 2 N–H and O–H groups in total. The molecule has 0 radical (unpaired) electrons. The molecule has 2 aromatic carbocycles. The SMILES string of the molecule is CN(Cc1n[nH]c2c1CCCCC2)C(=O)c1cccc(-c2ccccc2O)c1. The smallest absolute Gasteiger partial charge is 0.253 e. The van der Waals surface area contributed by atoms with Crippen LogP contribution in [0.1, 0.15) is 46.6 Å². The van der Waals surface area contributed by atoms with Crippen LogP contribution in [-0.4, -0.2) is 33.2 Å². The lowest BCUT2D eigenvalue weighted by Crippen LogP contribution is -2.26. The summed E-state index contributed by atoms with van der Waals surface area (Å²) in [5.41, 5.74) is 5.65. The van der Waals surface area contributed by atoms with E-state index in [0.29, 0.717) is 12.1 Å². The second-order valence-electron chi connectivity index (χ2n) is 7.45. The van der Waals surface area contributed by atoms with Crippen LogP contribution in [0.4, 0.5) is 0 Å². The van der Waals surface area contributed by atoms with Crippen molar-refractivity contribution < 1.29 is 9.90 Å². The van der Waals surface area contributed by atoms with Gasteiger partial charge in [-0.3, -0.25) is 9.89 Å². The molecule has 5 heteroatoms. The molecule has 1 aliphatic carbocycles. The minimum absolute atomic E-state index is 0.0531. The Morgan fingerprint density at radius 2 is 1.93 bits per heavy atom. The number of aromatic nitrogens is 2. The third kappa shape index (κ3) is 3.65. The Morgan fingerprint density at radius 3 is 2.79 bits per heavy atom. The lowest BCUT2D eigenvalue weighted by Gasteiger charge is -2.17.